The molecule has 0 saturated heterocycles. The van der Waals surface area contributed by atoms with Gasteiger partial charge in [0.25, 0.3) is 6.71 Å². The van der Waals surface area contributed by atoms with E-state index in [0.29, 0.717) is 62.3 Å². The molecule has 0 bridgehead atoms. The Morgan fingerprint density at radius 2 is 0.798 bits per heavy atom. The Morgan fingerprint density at radius 3 is 1.34 bits per heavy atom. The normalized spacial score (nSPS) is 14.8. The highest BCUT2D eigenvalue weighted by Gasteiger charge is 2.46. The number of rotatable bonds is 9. The van der Waals surface area contributed by atoms with Gasteiger partial charge >= 0.3 is 0 Å². The number of fused-ring (bicyclic) bond motifs is 7. The fourth-order valence-corrected chi connectivity index (χ4v) is 13.6. The van der Waals surface area contributed by atoms with Crippen molar-refractivity contribution in [2.75, 3.05) is 9.80 Å². The molecule has 0 N–H and O–H groups in total. The summed E-state index contributed by atoms with van der Waals surface area (Å²) in [5, 5.41) is -0.144. The summed E-state index contributed by atoms with van der Waals surface area (Å²) < 4.78 is 123. The molecule has 0 unspecified atom stereocenters. The summed E-state index contributed by atoms with van der Waals surface area (Å²) in [5.74, 6) is 1.21. The zero-order valence-electron chi connectivity index (χ0n) is 66.8. The zero-order chi connectivity index (χ0) is 75.5. The van der Waals surface area contributed by atoms with Crippen molar-refractivity contribution in [2.45, 2.75) is 78.6 Å². The van der Waals surface area contributed by atoms with E-state index in [9.17, 15) is 11.0 Å². The molecule has 7 heteroatoms. The van der Waals surface area contributed by atoms with Crippen molar-refractivity contribution in [1.29, 1.82) is 0 Å². The SMILES string of the molecule is [2H]c1c([2H])c([2H])c(-c2ccc3c(c2)B2c4ccc(-n5c6c([2H])c([2H])c([2H])c([2H])c6c6c([2H])c([2H])c([2H])c([2H])c65)cc4N(c4ccc(C(C)(C)C)cc4-c4nc(-c5ccccc5)nc(-c5ccccc5)n4)c4cc(C(C)(C)C)cc(c42)N3c2c(-c3ccccc3)cc(C(C)(C)C)cc2-c2ccccc2)c([2H])c1[2H]. The molecule has 0 amide bonds. The highest BCUT2D eigenvalue weighted by Crippen LogP contribution is 2.54. The fourth-order valence-electron chi connectivity index (χ4n) is 13.6. The Bertz CT molecular complexity index is 5850. The Kier molecular flexibility index (Phi) is 10.8. The number of para-hydroxylation sites is 2. The third kappa shape index (κ3) is 10.0. The van der Waals surface area contributed by atoms with Crippen LogP contribution in [0.5, 0.6) is 0 Å². The molecule has 16 rings (SSSR count). The maximum absolute atomic E-state index is 9.77. The van der Waals surface area contributed by atoms with Crippen molar-refractivity contribution < 1.29 is 17.8 Å². The molecule has 0 atom stereocenters. The van der Waals surface area contributed by atoms with E-state index in [4.69, 9.17) is 21.8 Å². The summed E-state index contributed by atoms with van der Waals surface area (Å²) in [7, 11) is 0. The number of nitrogens with zero attached hydrogens (tertiary/aromatic N) is 6. The number of aromatic nitrogens is 4. The largest absolute Gasteiger partial charge is 0.311 e. The Morgan fingerprint density at radius 1 is 0.330 bits per heavy atom. The van der Waals surface area contributed by atoms with E-state index < -0.39 is 84.0 Å². The van der Waals surface area contributed by atoms with E-state index in [-0.39, 0.29) is 44.9 Å². The first-order valence-corrected chi connectivity index (χ1v) is 31.9. The summed E-state index contributed by atoms with van der Waals surface area (Å²) >= 11 is 0. The highest BCUT2D eigenvalue weighted by atomic mass is 15.2. The average molecular weight is 1230 g/mol. The van der Waals surface area contributed by atoms with Gasteiger partial charge in [0.1, 0.15) is 0 Å². The van der Waals surface area contributed by atoms with Crippen molar-refractivity contribution in [3.63, 3.8) is 0 Å². The summed E-state index contributed by atoms with van der Waals surface area (Å²) in [6, 6.07) is 61.1. The number of anilines is 6. The van der Waals surface area contributed by atoms with Gasteiger partial charge in [-0.05, 0) is 138 Å². The summed E-state index contributed by atoms with van der Waals surface area (Å²) in [6.07, 6.45) is 0. The van der Waals surface area contributed by atoms with Gasteiger partial charge in [-0.3, -0.25) is 0 Å². The van der Waals surface area contributed by atoms with Gasteiger partial charge in [-0.1, -0.05) is 274 Å². The second-order valence-corrected chi connectivity index (χ2v) is 27.5. The lowest BCUT2D eigenvalue weighted by Gasteiger charge is -2.46. The van der Waals surface area contributed by atoms with Crippen molar-refractivity contribution in [2.24, 2.45) is 0 Å². The smallest absolute Gasteiger partial charge is 0.252 e. The van der Waals surface area contributed by atoms with Crippen LogP contribution in [-0.2, 0) is 16.2 Å². The van der Waals surface area contributed by atoms with E-state index in [1.807, 2.05) is 133 Å². The third-order valence-corrected chi connectivity index (χ3v) is 18.4. The monoisotopic (exact) mass is 1230 g/mol. The van der Waals surface area contributed by atoms with Gasteiger partial charge in [-0.15, -0.1) is 0 Å². The molecule has 0 aliphatic carbocycles. The van der Waals surface area contributed by atoms with Crippen molar-refractivity contribution >= 4 is 79.0 Å². The maximum Gasteiger partial charge on any atom is 0.252 e. The maximum atomic E-state index is 9.77. The molecule has 0 radical (unpaired) electrons. The molecule has 12 aromatic carbocycles. The van der Waals surface area contributed by atoms with Crippen LogP contribution in [0.2, 0.25) is 0 Å². The fraction of sp³-hybridized carbons (Fsp3) is 0.138. The molecule has 0 fully saturated rings. The molecule has 6 nitrogen and oxygen atoms in total. The predicted octanol–water partition coefficient (Wildman–Crippen LogP) is 20.9. The lowest BCUT2D eigenvalue weighted by molar-refractivity contribution is 0.590. The van der Waals surface area contributed by atoms with Gasteiger partial charge in [0, 0.05) is 67.0 Å². The van der Waals surface area contributed by atoms with E-state index in [1.54, 1.807) is 4.57 Å². The van der Waals surface area contributed by atoms with Crippen LogP contribution in [0, 0.1) is 0 Å². The summed E-state index contributed by atoms with van der Waals surface area (Å²) in [5.41, 5.74) is 14.7. The van der Waals surface area contributed by atoms with Crippen LogP contribution in [0.3, 0.4) is 0 Å². The van der Waals surface area contributed by atoms with Gasteiger partial charge in [0.15, 0.2) is 17.5 Å². The molecule has 14 aromatic rings. The molecule has 0 saturated carbocycles. The van der Waals surface area contributed by atoms with E-state index in [1.165, 1.54) is 0 Å². The van der Waals surface area contributed by atoms with E-state index in [0.717, 1.165) is 72.6 Å². The lowest BCUT2D eigenvalue weighted by Crippen LogP contribution is -2.61. The molecule has 454 valence electrons. The molecule has 2 aliphatic rings. The van der Waals surface area contributed by atoms with Crippen molar-refractivity contribution in [1.82, 2.24) is 19.5 Å². The highest BCUT2D eigenvalue weighted by molar-refractivity contribution is 7.00. The number of benzene rings is 12. The van der Waals surface area contributed by atoms with Gasteiger partial charge in [0.2, 0.25) is 0 Å². The molecule has 94 heavy (non-hydrogen) atoms. The molecule has 0 spiro atoms. The topological polar surface area (TPSA) is 50.1 Å². The molecule has 4 heterocycles. The predicted molar refractivity (Wildman–Crippen MR) is 397 cm³/mol. The minimum absolute atomic E-state index is 0.0168. The second kappa shape index (κ2) is 22.5. The Balaban J connectivity index is 1.12. The Hall–Kier alpha value is -10.9. The third-order valence-electron chi connectivity index (χ3n) is 18.4. The minimum atomic E-state index is -0.768. The first-order valence-electron chi connectivity index (χ1n) is 38.4. The number of hydrogen-bond acceptors (Lipinski definition) is 5. The van der Waals surface area contributed by atoms with E-state index in [2.05, 4.69) is 139 Å². The van der Waals surface area contributed by atoms with Crippen LogP contribution in [0.1, 0.15) is 96.8 Å². The lowest BCUT2D eigenvalue weighted by atomic mass is 9.33. The molecular formula is C87H73BN6. The molecule has 2 aromatic heterocycles. The molecule has 2 aliphatic heterocycles. The van der Waals surface area contributed by atoms with E-state index >= 15 is 0 Å². The van der Waals surface area contributed by atoms with Crippen molar-refractivity contribution in [3.05, 3.63) is 295 Å². The first kappa shape index (κ1) is 45.4. The zero-order valence-corrected chi connectivity index (χ0v) is 53.8. The average Bonchev–Trinajstić information content (AvgIpc) is 1.42. The van der Waals surface area contributed by atoms with Crippen LogP contribution < -0.4 is 26.2 Å². The van der Waals surface area contributed by atoms with Gasteiger partial charge in [-0.25, -0.2) is 15.0 Å². The molecular weight excluding hydrogens is 1140 g/mol. The van der Waals surface area contributed by atoms with Crippen molar-refractivity contribution in [3.8, 4) is 73.2 Å². The standard InChI is InChI=1S/C87H73BN6/c1-85(2,3)62-44-48-75(70(50-62)84-90-82(59-35-21-13-22-36-59)89-83(91-84)60-37-23-14-24-38-60)93-77-55-65(92-73-41-27-25-39-66(73)67-40-26-28-42-74(67)92)45-46-71(77)88-72-49-61(56-29-15-10-16-30-56)43-47-76(72)94(79-54-64(87(7,8)9)53-78(93)80(79)88)81-68(57-31-17-11-18-32-57)51-63(86(4,5)6)52-69(81)58-33-19-12-20-34-58/h10-55H,1-9H3/i10D,15D,16D,25D,26D,27D,28D,29D,30D,39D,40D,41D,42D. The summed E-state index contributed by atoms with van der Waals surface area (Å²) in [6.45, 7) is 18.9. The second-order valence-electron chi connectivity index (χ2n) is 27.5. The number of hydrogen-bond donors (Lipinski definition) is 0. The van der Waals surface area contributed by atoms with Crippen LogP contribution in [0.25, 0.3) is 95.0 Å². The van der Waals surface area contributed by atoms with Gasteiger partial charge in [-0.2, -0.15) is 0 Å². The first-order chi connectivity index (χ1) is 50.9. The Labute approximate surface area is 570 Å². The van der Waals surface area contributed by atoms with Crippen LogP contribution in [0.4, 0.5) is 34.1 Å². The van der Waals surface area contributed by atoms with Crippen LogP contribution in [-0.4, -0.2) is 26.2 Å². The minimum Gasteiger partial charge on any atom is -0.311 e. The summed E-state index contributed by atoms with van der Waals surface area (Å²) in [4.78, 5) is 20.7. The quantitative estimate of drug-likeness (QED) is 0.135. The van der Waals surface area contributed by atoms with Crippen LogP contribution >= 0.6 is 0 Å². The van der Waals surface area contributed by atoms with Gasteiger partial charge < -0.3 is 14.4 Å². The van der Waals surface area contributed by atoms with Gasteiger partial charge in [0.05, 0.1) is 40.2 Å². The van der Waals surface area contributed by atoms with Crippen LogP contribution in [0.15, 0.2) is 279 Å².